The summed E-state index contributed by atoms with van der Waals surface area (Å²) in [5, 5.41) is 8.49. The zero-order valence-corrected chi connectivity index (χ0v) is 13.0. The smallest absolute Gasteiger partial charge is 0.399 e. The van der Waals surface area contributed by atoms with Crippen LogP contribution < -0.4 is 5.46 Å². The SMILES string of the molecule is Cc1ccc2n[nH]c(C)c2c1B1OC(C)(C)C(C)(C)O1. The highest BCUT2D eigenvalue weighted by molar-refractivity contribution is 6.65. The Labute approximate surface area is 120 Å². The fourth-order valence-electron chi connectivity index (χ4n) is 2.66. The molecule has 0 aliphatic carbocycles. The van der Waals surface area contributed by atoms with Gasteiger partial charge in [-0.1, -0.05) is 11.6 Å². The molecular weight excluding hydrogens is 251 g/mol. The number of aromatic amines is 1. The number of hydrogen-bond acceptors (Lipinski definition) is 3. The van der Waals surface area contributed by atoms with Gasteiger partial charge in [0.15, 0.2) is 0 Å². The second kappa shape index (κ2) is 4.09. The lowest BCUT2D eigenvalue weighted by Crippen LogP contribution is -2.41. The third kappa shape index (κ3) is 1.80. The highest BCUT2D eigenvalue weighted by Gasteiger charge is 2.52. The van der Waals surface area contributed by atoms with Gasteiger partial charge < -0.3 is 9.31 Å². The van der Waals surface area contributed by atoms with Crippen LogP contribution >= 0.6 is 0 Å². The second-order valence-corrected chi connectivity index (χ2v) is 6.63. The molecular formula is C15H21BN2O2. The maximum absolute atomic E-state index is 6.20. The maximum atomic E-state index is 6.20. The third-order valence-corrected chi connectivity index (χ3v) is 4.65. The molecule has 4 nitrogen and oxygen atoms in total. The average molecular weight is 272 g/mol. The number of H-pyrrole nitrogens is 1. The van der Waals surface area contributed by atoms with Crippen molar-refractivity contribution in [3.05, 3.63) is 23.4 Å². The number of aromatic nitrogens is 2. The molecule has 1 aromatic heterocycles. The number of rotatable bonds is 1. The van der Waals surface area contributed by atoms with Crippen molar-refractivity contribution >= 4 is 23.5 Å². The first-order chi connectivity index (χ1) is 9.23. The molecule has 1 fully saturated rings. The van der Waals surface area contributed by atoms with Gasteiger partial charge in [0.25, 0.3) is 0 Å². The van der Waals surface area contributed by atoms with E-state index in [1.54, 1.807) is 0 Å². The van der Waals surface area contributed by atoms with E-state index in [4.69, 9.17) is 9.31 Å². The Bertz CT molecular complexity index is 660. The summed E-state index contributed by atoms with van der Waals surface area (Å²) in [5.41, 5.74) is 3.60. The standard InChI is InChI=1S/C15H21BN2O2/c1-9-7-8-11-12(10(2)17-18-11)13(9)16-19-14(3,4)15(5,6)20-16/h7-8H,1-6H3,(H,17,18). The average Bonchev–Trinajstić information content (AvgIpc) is 2.78. The van der Waals surface area contributed by atoms with E-state index in [2.05, 4.69) is 50.9 Å². The molecule has 0 amide bonds. The molecule has 2 heterocycles. The monoisotopic (exact) mass is 272 g/mol. The molecule has 0 bridgehead atoms. The first-order valence-corrected chi connectivity index (χ1v) is 7.03. The van der Waals surface area contributed by atoms with Crippen LogP contribution in [0.2, 0.25) is 0 Å². The summed E-state index contributed by atoms with van der Waals surface area (Å²) < 4.78 is 12.4. The zero-order valence-electron chi connectivity index (χ0n) is 13.0. The summed E-state index contributed by atoms with van der Waals surface area (Å²) in [5.74, 6) is 0. The van der Waals surface area contributed by atoms with E-state index in [1.807, 2.05) is 13.0 Å². The molecule has 0 atom stereocenters. The lowest BCUT2D eigenvalue weighted by atomic mass is 9.73. The number of nitrogens with zero attached hydrogens (tertiary/aromatic N) is 1. The van der Waals surface area contributed by atoms with Gasteiger partial charge in [0.05, 0.1) is 16.7 Å². The Morgan fingerprint density at radius 1 is 1.05 bits per heavy atom. The van der Waals surface area contributed by atoms with Crippen LogP contribution in [0.25, 0.3) is 10.9 Å². The molecule has 1 aromatic carbocycles. The van der Waals surface area contributed by atoms with Gasteiger partial charge in [-0.15, -0.1) is 0 Å². The normalized spacial score (nSPS) is 20.8. The first kappa shape index (κ1) is 13.6. The van der Waals surface area contributed by atoms with E-state index in [0.717, 1.165) is 22.1 Å². The van der Waals surface area contributed by atoms with Crippen LogP contribution in [-0.4, -0.2) is 28.5 Å². The molecule has 20 heavy (non-hydrogen) atoms. The van der Waals surface area contributed by atoms with Crippen molar-refractivity contribution in [1.82, 2.24) is 10.2 Å². The zero-order chi connectivity index (χ0) is 14.7. The van der Waals surface area contributed by atoms with Gasteiger partial charge >= 0.3 is 7.12 Å². The minimum absolute atomic E-state index is 0.329. The largest absolute Gasteiger partial charge is 0.495 e. The quantitative estimate of drug-likeness (QED) is 0.811. The van der Waals surface area contributed by atoms with E-state index >= 15 is 0 Å². The van der Waals surface area contributed by atoms with E-state index in [1.165, 1.54) is 5.56 Å². The number of aryl methyl sites for hydroxylation is 2. The van der Waals surface area contributed by atoms with E-state index in [0.29, 0.717) is 0 Å². The van der Waals surface area contributed by atoms with E-state index in [-0.39, 0.29) is 18.3 Å². The molecule has 0 saturated carbocycles. The molecule has 0 unspecified atom stereocenters. The summed E-state index contributed by atoms with van der Waals surface area (Å²) in [6.07, 6.45) is 0. The Balaban J connectivity index is 2.17. The van der Waals surface area contributed by atoms with Gasteiger partial charge in [-0.25, -0.2) is 0 Å². The van der Waals surface area contributed by atoms with Crippen molar-refractivity contribution in [3.8, 4) is 0 Å². The summed E-state index contributed by atoms with van der Waals surface area (Å²) in [7, 11) is -0.347. The maximum Gasteiger partial charge on any atom is 0.495 e. The van der Waals surface area contributed by atoms with Gasteiger partial charge in [0.2, 0.25) is 0 Å². The van der Waals surface area contributed by atoms with E-state index in [9.17, 15) is 0 Å². The predicted octanol–water partition coefficient (Wildman–Crippen LogP) is 2.48. The van der Waals surface area contributed by atoms with Crippen molar-refractivity contribution in [3.63, 3.8) is 0 Å². The lowest BCUT2D eigenvalue weighted by Gasteiger charge is -2.32. The van der Waals surface area contributed by atoms with Crippen LogP contribution in [0, 0.1) is 13.8 Å². The summed E-state index contributed by atoms with van der Waals surface area (Å²) in [4.78, 5) is 0. The summed E-state index contributed by atoms with van der Waals surface area (Å²) in [6.45, 7) is 12.4. The third-order valence-electron chi connectivity index (χ3n) is 4.65. The van der Waals surface area contributed by atoms with Crippen LogP contribution in [0.1, 0.15) is 39.0 Å². The molecule has 1 N–H and O–H groups in total. The highest BCUT2D eigenvalue weighted by Crippen LogP contribution is 2.37. The molecule has 2 aromatic rings. The molecule has 1 aliphatic heterocycles. The molecule has 1 aliphatic rings. The van der Waals surface area contributed by atoms with Gasteiger partial charge in [-0.05, 0) is 53.1 Å². The van der Waals surface area contributed by atoms with Crippen molar-refractivity contribution in [2.24, 2.45) is 0 Å². The Hall–Kier alpha value is -1.33. The van der Waals surface area contributed by atoms with Crippen LogP contribution in [0.5, 0.6) is 0 Å². The Kier molecular flexibility index (Phi) is 2.79. The minimum atomic E-state index is -0.347. The molecule has 5 heteroatoms. The number of nitrogens with one attached hydrogen (secondary N) is 1. The minimum Gasteiger partial charge on any atom is -0.399 e. The second-order valence-electron chi connectivity index (χ2n) is 6.63. The highest BCUT2D eigenvalue weighted by atomic mass is 16.7. The predicted molar refractivity (Wildman–Crippen MR) is 81.3 cm³/mol. The molecule has 0 spiro atoms. The number of benzene rings is 1. The van der Waals surface area contributed by atoms with Crippen molar-refractivity contribution in [2.45, 2.75) is 52.7 Å². The molecule has 106 valence electrons. The lowest BCUT2D eigenvalue weighted by molar-refractivity contribution is 0.00578. The van der Waals surface area contributed by atoms with Crippen molar-refractivity contribution in [2.75, 3.05) is 0 Å². The molecule has 3 rings (SSSR count). The van der Waals surface area contributed by atoms with Crippen molar-refractivity contribution < 1.29 is 9.31 Å². The Morgan fingerprint density at radius 2 is 1.65 bits per heavy atom. The van der Waals surface area contributed by atoms with E-state index < -0.39 is 0 Å². The number of fused-ring (bicyclic) bond motifs is 1. The summed E-state index contributed by atoms with van der Waals surface area (Å²) in [6, 6.07) is 4.10. The van der Waals surface area contributed by atoms with Crippen molar-refractivity contribution in [1.29, 1.82) is 0 Å². The van der Waals surface area contributed by atoms with Crippen LogP contribution in [0.15, 0.2) is 12.1 Å². The van der Waals surface area contributed by atoms with Gasteiger partial charge in [-0.2, -0.15) is 5.10 Å². The fourth-order valence-corrected chi connectivity index (χ4v) is 2.66. The van der Waals surface area contributed by atoms with Crippen LogP contribution in [0.4, 0.5) is 0 Å². The topological polar surface area (TPSA) is 47.1 Å². The Morgan fingerprint density at radius 3 is 2.25 bits per heavy atom. The number of hydrogen-bond donors (Lipinski definition) is 1. The molecule has 0 radical (unpaired) electrons. The fraction of sp³-hybridized carbons (Fsp3) is 0.533. The van der Waals surface area contributed by atoms with Gasteiger partial charge in [0.1, 0.15) is 0 Å². The molecule has 1 saturated heterocycles. The van der Waals surface area contributed by atoms with Crippen LogP contribution in [-0.2, 0) is 9.31 Å². The van der Waals surface area contributed by atoms with Crippen LogP contribution in [0.3, 0.4) is 0 Å². The summed E-state index contributed by atoms with van der Waals surface area (Å²) >= 11 is 0. The van der Waals surface area contributed by atoms with Gasteiger partial charge in [-0.3, -0.25) is 5.10 Å². The van der Waals surface area contributed by atoms with Gasteiger partial charge in [0, 0.05) is 11.1 Å². The first-order valence-electron chi connectivity index (χ1n) is 7.03.